The van der Waals surface area contributed by atoms with Crippen molar-refractivity contribution in [3.8, 4) is 0 Å². The van der Waals surface area contributed by atoms with Crippen LogP contribution < -0.4 is 5.32 Å². The molecule has 0 atom stereocenters. The van der Waals surface area contributed by atoms with Gasteiger partial charge >= 0.3 is 0 Å². The van der Waals surface area contributed by atoms with Gasteiger partial charge in [-0.2, -0.15) is 0 Å². The Hall–Kier alpha value is -1.46. The summed E-state index contributed by atoms with van der Waals surface area (Å²) in [6.07, 6.45) is 8.70. The number of hydrogen-bond donors (Lipinski definition) is 1. The molecule has 0 saturated carbocycles. The van der Waals surface area contributed by atoms with E-state index in [1.54, 1.807) is 11.3 Å². The summed E-state index contributed by atoms with van der Waals surface area (Å²) in [7, 11) is 2.12. The monoisotopic (exact) mass is 289 g/mol. The maximum Gasteiger partial charge on any atom is 0.251 e. The third-order valence-electron chi connectivity index (χ3n) is 3.92. The highest BCUT2D eigenvalue weighted by Crippen LogP contribution is 2.21. The normalized spacial score (nSPS) is 20.1. The number of amides is 1. The number of fused-ring (bicyclic) bond motifs is 1. The van der Waals surface area contributed by atoms with Crippen LogP contribution in [0.15, 0.2) is 23.2 Å². The van der Waals surface area contributed by atoms with E-state index in [-0.39, 0.29) is 5.91 Å². The number of rotatable bonds is 2. The standard InChI is InChI=1S/C15H19N3OS/c1-18-8-6-12(7-9-18)17-15(19)11-2-4-13-14(5-3-11)20-10-16-13/h2-3,5,10,12H,4,6-9H2,1H3,(H,17,19). The summed E-state index contributed by atoms with van der Waals surface area (Å²) in [6.45, 7) is 2.11. The molecule has 5 heteroatoms. The molecule has 106 valence electrons. The van der Waals surface area contributed by atoms with Crippen LogP contribution >= 0.6 is 11.3 Å². The van der Waals surface area contributed by atoms with Gasteiger partial charge in [0.15, 0.2) is 0 Å². The molecule has 0 unspecified atom stereocenters. The molecule has 0 radical (unpaired) electrons. The topological polar surface area (TPSA) is 45.2 Å². The van der Waals surface area contributed by atoms with Crippen molar-refractivity contribution in [1.29, 1.82) is 0 Å². The number of allylic oxidation sites excluding steroid dienone is 1. The third kappa shape index (κ3) is 2.99. The number of carbonyl (C=O) groups excluding carboxylic acids is 1. The highest BCUT2D eigenvalue weighted by atomic mass is 32.1. The van der Waals surface area contributed by atoms with E-state index in [0.717, 1.165) is 48.5 Å². The van der Waals surface area contributed by atoms with Crippen molar-refractivity contribution in [3.05, 3.63) is 33.8 Å². The van der Waals surface area contributed by atoms with Crippen LogP contribution in [0, 0.1) is 0 Å². The van der Waals surface area contributed by atoms with Crippen molar-refractivity contribution >= 4 is 23.3 Å². The average molecular weight is 289 g/mol. The van der Waals surface area contributed by atoms with Crippen LogP contribution in [-0.2, 0) is 11.2 Å². The Kier molecular flexibility index (Phi) is 3.98. The first-order valence-corrected chi connectivity index (χ1v) is 7.90. The van der Waals surface area contributed by atoms with Crippen LogP contribution in [0.5, 0.6) is 0 Å². The largest absolute Gasteiger partial charge is 0.349 e. The zero-order valence-corrected chi connectivity index (χ0v) is 12.4. The molecule has 1 fully saturated rings. The van der Waals surface area contributed by atoms with Gasteiger partial charge in [-0.25, -0.2) is 4.98 Å². The minimum absolute atomic E-state index is 0.0472. The number of likely N-dealkylation sites (tertiary alicyclic amines) is 1. The van der Waals surface area contributed by atoms with Crippen molar-refractivity contribution in [2.75, 3.05) is 20.1 Å². The molecule has 1 saturated heterocycles. The molecular formula is C15H19N3OS. The fraction of sp³-hybridized carbons (Fsp3) is 0.467. The Balaban J connectivity index is 1.62. The molecule has 2 aliphatic rings. The predicted octanol–water partition coefficient (Wildman–Crippen LogP) is 1.85. The summed E-state index contributed by atoms with van der Waals surface area (Å²) in [4.78, 5) is 20.1. The smallest absolute Gasteiger partial charge is 0.251 e. The minimum atomic E-state index is 0.0472. The van der Waals surface area contributed by atoms with Gasteiger partial charge in [-0.3, -0.25) is 4.79 Å². The molecule has 3 rings (SSSR count). The second-order valence-corrected chi connectivity index (χ2v) is 6.30. The van der Waals surface area contributed by atoms with Gasteiger partial charge < -0.3 is 10.2 Å². The van der Waals surface area contributed by atoms with E-state index < -0.39 is 0 Å². The maximum atomic E-state index is 12.3. The zero-order chi connectivity index (χ0) is 13.9. The fourth-order valence-electron chi connectivity index (χ4n) is 2.60. The first-order chi connectivity index (χ1) is 9.72. The first kappa shape index (κ1) is 13.5. The van der Waals surface area contributed by atoms with Gasteiger partial charge in [0.1, 0.15) is 0 Å². The summed E-state index contributed by atoms with van der Waals surface area (Å²) in [5.41, 5.74) is 3.68. The lowest BCUT2D eigenvalue weighted by Gasteiger charge is -2.29. The summed E-state index contributed by atoms with van der Waals surface area (Å²) in [6, 6.07) is 0.309. The van der Waals surface area contributed by atoms with Crippen LogP contribution in [0.3, 0.4) is 0 Å². The lowest BCUT2D eigenvalue weighted by Crippen LogP contribution is -2.43. The average Bonchev–Trinajstić information content (AvgIpc) is 2.80. The SMILES string of the molecule is CN1CCC(NC(=O)C2=CCc3ncsc3C=C2)CC1. The van der Waals surface area contributed by atoms with E-state index in [4.69, 9.17) is 0 Å². The van der Waals surface area contributed by atoms with Gasteiger partial charge in [-0.1, -0.05) is 6.08 Å². The van der Waals surface area contributed by atoms with Crippen molar-refractivity contribution < 1.29 is 4.79 Å². The molecule has 20 heavy (non-hydrogen) atoms. The minimum Gasteiger partial charge on any atom is -0.349 e. The van der Waals surface area contributed by atoms with Gasteiger partial charge in [0, 0.05) is 18.0 Å². The lowest BCUT2D eigenvalue weighted by atomic mass is 10.0. The van der Waals surface area contributed by atoms with Crippen LogP contribution in [0.25, 0.3) is 6.08 Å². The lowest BCUT2D eigenvalue weighted by molar-refractivity contribution is -0.118. The number of piperidine rings is 1. The van der Waals surface area contributed by atoms with Crippen LogP contribution in [0.4, 0.5) is 0 Å². The quantitative estimate of drug-likeness (QED) is 0.904. The molecule has 1 aliphatic carbocycles. The van der Waals surface area contributed by atoms with Gasteiger partial charge in [0.05, 0.1) is 16.1 Å². The Morgan fingerprint density at radius 3 is 3.00 bits per heavy atom. The molecular weight excluding hydrogens is 270 g/mol. The van der Waals surface area contributed by atoms with Crippen molar-refractivity contribution in [2.45, 2.75) is 25.3 Å². The second kappa shape index (κ2) is 5.89. The molecule has 1 amide bonds. The molecule has 0 aromatic carbocycles. The van der Waals surface area contributed by atoms with Gasteiger partial charge in [-0.05, 0) is 45.1 Å². The Bertz CT molecular complexity index is 553. The third-order valence-corrected chi connectivity index (χ3v) is 4.75. The molecule has 0 spiro atoms. The van der Waals surface area contributed by atoms with Crippen LogP contribution in [-0.4, -0.2) is 42.0 Å². The Labute approximate surface area is 123 Å². The molecule has 2 heterocycles. The number of carbonyl (C=O) groups is 1. The molecule has 1 aromatic rings. The van der Waals surface area contributed by atoms with E-state index in [1.807, 2.05) is 23.7 Å². The van der Waals surface area contributed by atoms with E-state index in [9.17, 15) is 4.79 Å². The van der Waals surface area contributed by atoms with E-state index in [1.165, 1.54) is 0 Å². The summed E-state index contributed by atoms with van der Waals surface area (Å²) >= 11 is 1.62. The number of thiazole rings is 1. The van der Waals surface area contributed by atoms with Gasteiger partial charge in [0.25, 0.3) is 5.91 Å². The molecule has 4 nitrogen and oxygen atoms in total. The van der Waals surface area contributed by atoms with E-state index >= 15 is 0 Å². The molecule has 1 N–H and O–H groups in total. The van der Waals surface area contributed by atoms with Crippen LogP contribution in [0.2, 0.25) is 0 Å². The highest BCUT2D eigenvalue weighted by Gasteiger charge is 2.20. The number of aromatic nitrogens is 1. The summed E-state index contributed by atoms with van der Waals surface area (Å²) in [5.74, 6) is 0.0472. The number of nitrogens with one attached hydrogen (secondary N) is 1. The molecule has 0 bridgehead atoms. The van der Waals surface area contributed by atoms with Crippen molar-refractivity contribution in [2.24, 2.45) is 0 Å². The Morgan fingerprint density at radius 1 is 1.40 bits per heavy atom. The van der Waals surface area contributed by atoms with Crippen LogP contribution in [0.1, 0.15) is 23.4 Å². The van der Waals surface area contributed by atoms with Gasteiger partial charge in [-0.15, -0.1) is 11.3 Å². The van der Waals surface area contributed by atoms with Gasteiger partial charge in [0.2, 0.25) is 0 Å². The highest BCUT2D eigenvalue weighted by molar-refractivity contribution is 7.10. The van der Waals surface area contributed by atoms with Crippen molar-refractivity contribution in [3.63, 3.8) is 0 Å². The first-order valence-electron chi connectivity index (χ1n) is 7.02. The zero-order valence-electron chi connectivity index (χ0n) is 11.6. The molecule has 1 aromatic heterocycles. The molecule has 1 aliphatic heterocycles. The Morgan fingerprint density at radius 2 is 2.20 bits per heavy atom. The second-order valence-electron chi connectivity index (χ2n) is 5.41. The summed E-state index contributed by atoms with van der Waals surface area (Å²) < 4.78 is 0. The predicted molar refractivity (Wildman–Crippen MR) is 81.6 cm³/mol. The number of hydrogen-bond acceptors (Lipinski definition) is 4. The van der Waals surface area contributed by atoms with E-state index in [2.05, 4.69) is 22.2 Å². The summed E-state index contributed by atoms with van der Waals surface area (Å²) in [5, 5.41) is 3.15. The maximum absolute atomic E-state index is 12.3. The number of nitrogens with zero attached hydrogens (tertiary/aromatic N) is 2. The van der Waals surface area contributed by atoms with E-state index in [0.29, 0.717) is 6.04 Å². The van der Waals surface area contributed by atoms with Crippen molar-refractivity contribution in [1.82, 2.24) is 15.2 Å². The fourth-order valence-corrected chi connectivity index (χ4v) is 3.31.